The van der Waals surface area contributed by atoms with E-state index in [2.05, 4.69) is 10.4 Å². The molecule has 0 aliphatic rings. The summed E-state index contributed by atoms with van der Waals surface area (Å²) < 4.78 is 1.86. The van der Waals surface area contributed by atoms with Crippen molar-refractivity contribution in [3.63, 3.8) is 0 Å². The van der Waals surface area contributed by atoms with Gasteiger partial charge < -0.3 is 5.32 Å². The van der Waals surface area contributed by atoms with Gasteiger partial charge in [-0.05, 0) is 12.1 Å². The minimum Gasteiger partial charge on any atom is -0.373 e. The highest BCUT2D eigenvalue weighted by molar-refractivity contribution is 5.85. The van der Waals surface area contributed by atoms with Gasteiger partial charge >= 0.3 is 0 Å². The van der Waals surface area contributed by atoms with E-state index in [0.717, 1.165) is 11.5 Å². The summed E-state index contributed by atoms with van der Waals surface area (Å²) in [6, 6.07) is 12.0. The molecule has 0 saturated heterocycles. The largest absolute Gasteiger partial charge is 0.373 e. The van der Waals surface area contributed by atoms with Gasteiger partial charge in [-0.2, -0.15) is 5.10 Å². The van der Waals surface area contributed by atoms with Crippen LogP contribution in [0.25, 0.3) is 5.69 Å². The van der Waals surface area contributed by atoms with E-state index in [1.165, 1.54) is 0 Å². The number of hydrogen-bond donors (Lipinski definition) is 1. The van der Waals surface area contributed by atoms with Crippen LogP contribution in [-0.2, 0) is 0 Å². The van der Waals surface area contributed by atoms with E-state index >= 15 is 0 Å². The molecule has 4 heteroatoms. The summed E-state index contributed by atoms with van der Waals surface area (Å²) in [5, 5.41) is 7.29. The number of nitrogens with zero attached hydrogens (tertiary/aromatic N) is 2. The van der Waals surface area contributed by atoms with Gasteiger partial charge in [-0.1, -0.05) is 18.2 Å². The van der Waals surface area contributed by atoms with Gasteiger partial charge in [-0.25, -0.2) is 4.68 Å². The molecule has 0 fully saturated rings. The molecule has 0 unspecified atom stereocenters. The number of rotatable bonds is 2. The number of hydrogen-bond acceptors (Lipinski definition) is 2. The van der Waals surface area contributed by atoms with Crippen LogP contribution in [0.4, 0.5) is 5.82 Å². The summed E-state index contributed by atoms with van der Waals surface area (Å²) >= 11 is 0. The zero-order chi connectivity index (χ0) is 9.10. The van der Waals surface area contributed by atoms with Crippen LogP contribution in [0.2, 0.25) is 0 Å². The fraction of sp³-hybridized carbons (Fsp3) is 0.100. The Labute approximate surface area is 89.2 Å². The van der Waals surface area contributed by atoms with E-state index in [-0.39, 0.29) is 12.4 Å². The summed E-state index contributed by atoms with van der Waals surface area (Å²) in [6.07, 6.45) is 1.78. The van der Waals surface area contributed by atoms with Gasteiger partial charge in [0.15, 0.2) is 0 Å². The summed E-state index contributed by atoms with van der Waals surface area (Å²) in [7, 11) is 1.89. The normalized spacial score (nSPS) is 9.21. The van der Waals surface area contributed by atoms with E-state index in [4.69, 9.17) is 0 Å². The van der Waals surface area contributed by atoms with Crippen LogP contribution in [-0.4, -0.2) is 16.8 Å². The number of aromatic nitrogens is 2. The molecule has 0 atom stereocenters. The summed E-state index contributed by atoms with van der Waals surface area (Å²) in [5.41, 5.74) is 1.07. The molecular weight excluding hydrogens is 198 g/mol. The molecule has 2 rings (SSSR count). The molecule has 14 heavy (non-hydrogen) atoms. The quantitative estimate of drug-likeness (QED) is 0.823. The third-order valence-electron chi connectivity index (χ3n) is 1.90. The molecule has 1 N–H and O–H groups in total. The van der Waals surface area contributed by atoms with E-state index in [0.29, 0.717) is 0 Å². The first kappa shape index (κ1) is 10.6. The summed E-state index contributed by atoms with van der Waals surface area (Å²) in [6.45, 7) is 0. The van der Waals surface area contributed by atoms with Gasteiger partial charge in [-0.15, -0.1) is 12.4 Å². The van der Waals surface area contributed by atoms with Gasteiger partial charge in [0.25, 0.3) is 0 Å². The summed E-state index contributed by atoms with van der Waals surface area (Å²) in [4.78, 5) is 0. The topological polar surface area (TPSA) is 29.9 Å². The lowest BCUT2D eigenvalue weighted by Crippen LogP contribution is -2.01. The molecule has 0 amide bonds. The summed E-state index contributed by atoms with van der Waals surface area (Å²) in [5.74, 6) is 0.992. The van der Waals surface area contributed by atoms with Crippen LogP contribution < -0.4 is 5.32 Å². The Kier molecular flexibility index (Phi) is 3.54. The Morgan fingerprint density at radius 2 is 1.86 bits per heavy atom. The Balaban J connectivity index is 0.000000980. The van der Waals surface area contributed by atoms with Gasteiger partial charge in [0.05, 0.1) is 11.9 Å². The maximum atomic E-state index is 4.21. The molecule has 1 heterocycles. The lowest BCUT2D eigenvalue weighted by atomic mass is 10.3. The van der Waals surface area contributed by atoms with Crippen molar-refractivity contribution in [2.24, 2.45) is 0 Å². The second-order valence-corrected chi connectivity index (χ2v) is 2.71. The molecule has 0 aliphatic carbocycles. The smallest absolute Gasteiger partial charge is 0.129 e. The van der Waals surface area contributed by atoms with Crippen molar-refractivity contribution in [1.82, 2.24) is 9.78 Å². The molecule has 74 valence electrons. The molecule has 0 bridgehead atoms. The van der Waals surface area contributed by atoms with E-state index in [9.17, 15) is 0 Å². The highest BCUT2D eigenvalue weighted by Gasteiger charge is 2.00. The van der Waals surface area contributed by atoms with Crippen LogP contribution in [0.15, 0.2) is 42.6 Å². The van der Waals surface area contributed by atoms with Gasteiger partial charge in [0.2, 0.25) is 0 Å². The minimum absolute atomic E-state index is 0. The van der Waals surface area contributed by atoms with Crippen LogP contribution in [0.3, 0.4) is 0 Å². The van der Waals surface area contributed by atoms with Gasteiger partial charge in [0.1, 0.15) is 5.82 Å². The maximum absolute atomic E-state index is 4.21. The van der Waals surface area contributed by atoms with Crippen LogP contribution >= 0.6 is 12.4 Å². The number of nitrogens with one attached hydrogen (secondary N) is 1. The molecular formula is C10H12ClN3. The van der Waals surface area contributed by atoms with Crippen molar-refractivity contribution in [3.05, 3.63) is 42.6 Å². The molecule has 0 radical (unpaired) electrons. The molecule has 1 aromatic carbocycles. The monoisotopic (exact) mass is 209 g/mol. The second kappa shape index (κ2) is 4.67. The lowest BCUT2D eigenvalue weighted by molar-refractivity contribution is 0.885. The van der Waals surface area contributed by atoms with Crippen molar-refractivity contribution in [3.8, 4) is 5.69 Å². The molecule has 2 aromatic rings. The Bertz CT molecular complexity index is 383. The molecule has 0 aliphatic heterocycles. The average Bonchev–Trinajstić information content (AvgIpc) is 2.67. The minimum atomic E-state index is 0. The Hall–Kier alpha value is -1.48. The second-order valence-electron chi connectivity index (χ2n) is 2.71. The molecule has 0 saturated carbocycles. The number of benzene rings is 1. The third kappa shape index (κ3) is 1.88. The fourth-order valence-electron chi connectivity index (χ4n) is 1.27. The predicted molar refractivity (Wildman–Crippen MR) is 60.4 cm³/mol. The van der Waals surface area contributed by atoms with Crippen molar-refractivity contribution < 1.29 is 0 Å². The van der Waals surface area contributed by atoms with Gasteiger partial charge in [0, 0.05) is 13.1 Å². The average molecular weight is 210 g/mol. The van der Waals surface area contributed by atoms with E-state index < -0.39 is 0 Å². The first-order valence-electron chi connectivity index (χ1n) is 4.19. The Morgan fingerprint density at radius 1 is 1.14 bits per heavy atom. The SMILES string of the molecule is CNc1ccnn1-c1ccccc1.Cl. The van der Waals surface area contributed by atoms with Crippen molar-refractivity contribution in [2.45, 2.75) is 0 Å². The Morgan fingerprint density at radius 3 is 2.50 bits per heavy atom. The zero-order valence-corrected chi connectivity index (χ0v) is 8.66. The first-order valence-corrected chi connectivity index (χ1v) is 4.19. The maximum Gasteiger partial charge on any atom is 0.129 e. The lowest BCUT2D eigenvalue weighted by Gasteiger charge is -2.05. The van der Waals surface area contributed by atoms with Crippen LogP contribution in [0.5, 0.6) is 0 Å². The van der Waals surface area contributed by atoms with Gasteiger partial charge in [-0.3, -0.25) is 0 Å². The van der Waals surface area contributed by atoms with Crippen LogP contribution in [0.1, 0.15) is 0 Å². The van der Waals surface area contributed by atoms with Crippen molar-refractivity contribution in [2.75, 3.05) is 12.4 Å². The van der Waals surface area contributed by atoms with Crippen LogP contribution in [0, 0.1) is 0 Å². The predicted octanol–water partition coefficient (Wildman–Crippen LogP) is 2.34. The number of anilines is 1. The van der Waals surface area contributed by atoms with Crippen molar-refractivity contribution >= 4 is 18.2 Å². The highest BCUT2D eigenvalue weighted by Crippen LogP contribution is 2.12. The zero-order valence-electron chi connectivity index (χ0n) is 7.84. The first-order chi connectivity index (χ1) is 6.42. The fourth-order valence-corrected chi connectivity index (χ4v) is 1.27. The number of para-hydroxylation sites is 1. The molecule has 1 aromatic heterocycles. The highest BCUT2D eigenvalue weighted by atomic mass is 35.5. The molecule has 0 spiro atoms. The molecule has 3 nitrogen and oxygen atoms in total. The standard InChI is InChI=1S/C10H11N3.ClH/c1-11-10-7-8-12-13(10)9-5-3-2-4-6-9;/h2-8,11H,1H3;1H. The third-order valence-corrected chi connectivity index (χ3v) is 1.90. The van der Waals surface area contributed by atoms with E-state index in [1.807, 2.05) is 48.1 Å². The van der Waals surface area contributed by atoms with Crippen molar-refractivity contribution in [1.29, 1.82) is 0 Å². The van der Waals surface area contributed by atoms with E-state index in [1.54, 1.807) is 6.20 Å². The number of halogens is 1.